The summed E-state index contributed by atoms with van der Waals surface area (Å²) >= 11 is 12.5. The molecule has 0 fully saturated rings. The molecule has 0 saturated carbocycles. The van der Waals surface area contributed by atoms with Crippen molar-refractivity contribution in [2.45, 2.75) is 38.4 Å². The molecule has 0 unspecified atom stereocenters. The molecule has 5 nitrogen and oxygen atoms in total. The number of nitrogens with two attached hydrogens (primary N) is 1. The van der Waals surface area contributed by atoms with E-state index in [9.17, 15) is 4.79 Å². The lowest BCUT2D eigenvalue weighted by molar-refractivity contribution is -0.117. The Labute approximate surface area is 140 Å². The zero-order chi connectivity index (χ0) is 16.5. The van der Waals surface area contributed by atoms with Crippen LogP contribution in [-0.2, 0) is 14.2 Å². The van der Waals surface area contributed by atoms with Gasteiger partial charge < -0.3 is 19.9 Å². The number of hydrogen-bond acceptors (Lipinski definition) is 4. The first-order valence-electron chi connectivity index (χ1n) is 7.01. The first-order chi connectivity index (χ1) is 10.5. The minimum Gasteiger partial charge on any atom is -0.443 e. The molecule has 0 aromatic heterocycles. The van der Waals surface area contributed by atoms with Gasteiger partial charge in [0, 0.05) is 22.7 Å². The van der Waals surface area contributed by atoms with Gasteiger partial charge >= 0.3 is 6.09 Å². The Kier molecular flexibility index (Phi) is 8.56. The first-order valence-corrected chi connectivity index (χ1v) is 7.77. The Morgan fingerprint density at radius 2 is 1.95 bits per heavy atom. The number of benzene rings is 1. The smallest absolute Gasteiger partial charge is 0.404 e. The summed E-state index contributed by atoms with van der Waals surface area (Å²) in [5, 5.41) is 0.867. The maximum absolute atomic E-state index is 11.2. The summed E-state index contributed by atoms with van der Waals surface area (Å²) in [6, 6.07) is 5.14. The average molecular weight is 350 g/mol. The van der Waals surface area contributed by atoms with E-state index in [-0.39, 0.29) is 6.79 Å². The van der Waals surface area contributed by atoms with E-state index in [2.05, 4.69) is 0 Å². The molecule has 0 saturated heterocycles. The van der Waals surface area contributed by atoms with Crippen molar-refractivity contribution in [3.05, 3.63) is 33.8 Å². The van der Waals surface area contributed by atoms with Crippen LogP contribution in [0.25, 0.3) is 0 Å². The van der Waals surface area contributed by atoms with E-state index in [1.165, 1.54) is 7.11 Å². The molecular formula is C15H21Cl2NO4. The molecule has 0 aliphatic carbocycles. The highest BCUT2D eigenvalue weighted by atomic mass is 35.5. The van der Waals surface area contributed by atoms with Crippen LogP contribution in [0.4, 0.5) is 4.79 Å². The van der Waals surface area contributed by atoms with Crippen LogP contribution < -0.4 is 5.73 Å². The van der Waals surface area contributed by atoms with Crippen molar-refractivity contribution in [2.24, 2.45) is 5.73 Å². The molecule has 0 spiro atoms. The predicted molar refractivity (Wildman–Crippen MR) is 86.1 cm³/mol. The molecule has 7 heteroatoms. The minimum atomic E-state index is -0.865. The first kappa shape index (κ1) is 19.0. The van der Waals surface area contributed by atoms with Crippen LogP contribution in [0.15, 0.2) is 18.2 Å². The van der Waals surface area contributed by atoms with Crippen molar-refractivity contribution in [2.75, 3.05) is 13.9 Å². The molecule has 0 heterocycles. The normalized spacial score (nSPS) is 13.6. The third-order valence-corrected chi connectivity index (χ3v) is 3.76. The molecule has 22 heavy (non-hydrogen) atoms. The molecule has 0 radical (unpaired) electrons. The van der Waals surface area contributed by atoms with Crippen molar-refractivity contribution >= 4 is 29.3 Å². The van der Waals surface area contributed by atoms with E-state index in [1.807, 2.05) is 6.92 Å². The van der Waals surface area contributed by atoms with Crippen LogP contribution in [0, 0.1) is 0 Å². The number of primary amides is 1. The van der Waals surface area contributed by atoms with E-state index in [4.69, 9.17) is 43.1 Å². The lowest BCUT2D eigenvalue weighted by atomic mass is 9.99. The molecule has 0 aliphatic heterocycles. The quantitative estimate of drug-likeness (QED) is 0.674. The number of ether oxygens (including phenoxy) is 3. The Morgan fingerprint density at radius 1 is 1.32 bits per heavy atom. The molecule has 1 aromatic rings. The molecule has 0 aliphatic rings. The second kappa shape index (κ2) is 9.90. The highest BCUT2D eigenvalue weighted by Crippen LogP contribution is 2.36. The van der Waals surface area contributed by atoms with Crippen LogP contribution >= 0.6 is 23.2 Å². The number of methoxy groups -OCH3 is 1. The van der Waals surface area contributed by atoms with Gasteiger partial charge in [-0.3, -0.25) is 0 Å². The highest BCUT2D eigenvalue weighted by molar-refractivity contribution is 6.36. The standard InChI is InChI=1S/C15H21Cl2NO4/c1-3-4-8-12(22-15(18)19)14(21-9-20-2)13-10(16)6-5-7-11(13)17/h5-7,12,14H,3-4,8-9H2,1-2H3,(H2,18,19)/t12-,14+/m0/s1. The summed E-state index contributed by atoms with van der Waals surface area (Å²) in [5.74, 6) is 0. The average Bonchev–Trinajstić information content (AvgIpc) is 2.46. The van der Waals surface area contributed by atoms with E-state index < -0.39 is 18.3 Å². The largest absolute Gasteiger partial charge is 0.443 e. The van der Waals surface area contributed by atoms with Gasteiger partial charge in [-0.05, 0) is 25.0 Å². The fourth-order valence-electron chi connectivity index (χ4n) is 2.13. The Balaban J connectivity index is 3.13. The number of carbonyl (C=O) groups excluding carboxylic acids is 1. The minimum absolute atomic E-state index is 0.0109. The molecule has 2 atom stereocenters. The van der Waals surface area contributed by atoms with Crippen LogP contribution in [0.3, 0.4) is 0 Å². The summed E-state index contributed by atoms with van der Waals surface area (Å²) in [6.07, 6.45) is 0.245. The lowest BCUT2D eigenvalue weighted by Gasteiger charge is -2.28. The molecule has 1 amide bonds. The van der Waals surface area contributed by atoms with Gasteiger partial charge in [0.25, 0.3) is 0 Å². The Morgan fingerprint density at radius 3 is 2.45 bits per heavy atom. The van der Waals surface area contributed by atoms with Crippen molar-refractivity contribution < 1.29 is 19.0 Å². The van der Waals surface area contributed by atoms with E-state index in [0.29, 0.717) is 22.0 Å². The number of rotatable bonds is 9. The zero-order valence-corrected chi connectivity index (χ0v) is 14.2. The second-order valence-corrected chi connectivity index (χ2v) is 5.56. The number of halogens is 2. The van der Waals surface area contributed by atoms with Crippen molar-refractivity contribution in [3.8, 4) is 0 Å². The zero-order valence-electron chi connectivity index (χ0n) is 12.7. The third-order valence-electron chi connectivity index (χ3n) is 3.10. The Bertz CT molecular complexity index is 464. The molecular weight excluding hydrogens is 329 g/mol. The predicted octanol–water partition coefficient (Wildman–Crippen LogP) is 4.31. The van der Waals surface area contributed by atoms with Crippen LogP contribution in [0.5, 0.6) is 0 Å². The highest BCUT2D eigenvalue weighted by Gasteiger charge is 2.30. The van der Waals surface area contributed by atoms with Crippen molar-refractivity contribution in [1.82, 2.24) is 0 Å². The maximum atomic E-state index is 11.2. The van der Waals surface area contributed by atoms with Gasteiger partial charge in [0.1, 0.15) is 19.0 Å². The fourth-order valence-corrected chi connectivity index (χ4v) is 2.74. The second-order valence-electron chi connectivity index (χ2n) is 4.75. The molecule has 0 bridgehead atoms. The molecule has 2 N–H and O–H groups in total. The molecule has 124 valence electrons. The monoisotopic (exact) mass is 349 g/mol. The molecule has 1 rings (SSSR count). The number of unbranched alkanes of at least 4 members (excludes halogenated alkanes) is 1. The number of hydrogen-bond donors (Lipinski definition) is 1. The van der Waals surface area contributed by atoms with Crippen LogP contribution in [0.1, 0.15) is 37.9 Å². The number of amides is 1. The van der Waals surface area contributed by atoms with E-state index >= 15 is 0 Å². The topological polar surface area (TPSA) is 70.8 Å². The van der Waals surface area contributed by atoms with Gasteiger partial charge in [-0.15, -0.1) is 0 Å². The van der Waals surface area contributed by atoms with Crippen LogP contribution in [-0.4, -0.2) is 26.1 Å². The van der Waals surface area contributed by atoms with Crippen molar-refractivity contribution in [3.63, 3.8) is 0 Å². The summed E-state index contributed by atoms with van der Waals surface area (Å²) in [5.41, 5.74) is 5.73. The summed E-state index contributed by atoms with van der Waals surface area (Å²) in [4.78, 5) is 11.2. The summed E-state index contributed by atoms with van der Waals surface area (Å²) in [6.45, 7) is 2.05. The summed E-state index contributed by atoms with van der Waals surface area (Å²) < 4.78 is 15.8. The SMILES string of the molecule is CCCC[C@H](OC(N)=O)[C@@H](OCOC)c1c(Cl)cccc1Cl. The van der Waals surface area contributed by atoms with Gasteiger partial charge in [0.05, 0.1) is 0 Å². The van der Waals surface area contributed by atoms with Gasteiger partial charge in [0.15, 0.2) is 0 Å². The van der Waals surface area contributed by atoms with Gasteiger partial charge in [-0.1, -0.05) is 42.6 Å². The van der Waals surface area contributed by atoms with Gasteiger partial charge in [-0.2, -0.15) is 0 Å². The fraction of sp³-hybridized carbons (Fsp3) is 0.533. The van der Waals surface area contributed by atoms with Gasteiger partial charge in [0.2, 0.25) is 0 Å². The van der Waals surface area contributed by atoms with E-state index in [1.54, 1.807) is 18.2 Å². The molecule has 1 aromatic carbocycles. The summed E-state index contributed by atoms with van der Waals surface area (Å²) in [7, 11) is 1.50. The maximum Gasteiger partial charge on any atom is 0.404 e. The Hall–Kier alpha value is -1.01. The lowest BCUT2D eigenvalue weighted by Crippen LogP contribution is -2.31. The number of carbonyl (C=O) groups is 1. The van der Waals surface area contributed by atoms with Crippen molar-refractivity contribution in [1.29, 1.82) is 0 Å². The van der Waals surface area contributed by atoms with Crippen LogP contribution in [0.2, 0.25) is 10.0 Å². The third kappa shape index (κ3) is 5.65. The van der Waals surface area contributed by atoms with Gasteiger partial charge in [-0.25, -0.2) is 4.79 Å². The van der Waals surface area contributed by atoms with E-state index in [0.717, 1.165) is 12.8 Å².